The topological polar surface area (TPSA) is 32.7 Å². The lowest BCUT2D eigenvalue weighted by molar-refractivity contribution is -0.0493. The van der Waals surface area contributed by atoms with Crippen molar-refractivity contribution in [1.29, 1.82) is 0 Å². The molecular formula is C18H26BrNO2. The van der Waals surface area contributed by atoms with Gasteiger partial charge in [0.05, 0.1) is 18.8 Å². The Hall–Kier alpha value is -0.420. The maximum absolute atomic E-state index is 10.6. The van der Waals surface area contributed by atoms with E-state index in [2.05, 4.69) is 33.0 Å². The van der Waals surface area contributed by atoms with Gasteiger partial charge >= 0.3 is 0 Å². The molecule has 3 nitrogen and oxygen atoms in total. The average molecular weight is 368 g/mol. The lowest BCUT2D eigenvalue weighted by Crippen LogP contribution is -2.44. The van der Waals surface area contributed by atoms with E-state index in [4.69, 9.17) is 4.74 Å². The minimum Gasteiger partial charge on any atom is -0.389 e. The Labute approximate surface area is 141 Å². The van der Waals surface area contributed by atoms with Crippen LogP contribution < -0.4 is 0 Å². The average Bonchev–Trinajstić information content (AvgIpc) is 2.73. The predicted molar refractivity (Wildman–Crippen MR) is 91.8 cm³/mol. The van der Waals surface area contributed by atoms with E-state index in [-0.39, 0.29) is 12.2 Å². The highest BCUT2D eigenvalue weighted by atomic mass is 79.9. The summed E-state index contributed by atoms with van der Waals surface area (Å²) in [5.74, 6) is 0. The number of benzene rings is 1. The normalized spacial score (nSPS) is 30.4. The van der Waals surface area contributed by atoms with Gasteiger partial charge in [-0.2, -0.15) is 0 Å². The molecule has 0 aromatic heterocycles. The van der Waals surface area contributed by atoms with Crippen molar-refractivity contribution in [3.8, 4) is 0 Å². The predicted octanol–water partition coefficient (Wildman–Crippen LogP) is 3.73. The molecule has 2 fully saturated rings. The van der Waals surface area contributed by atoms with E-state index in [9.17, 15) is 5.11 Å². The van der Waals surface area contributed by atoms with Gasteiger partial charge in [-0.15, -0.1) is 0 Å². The Balaban J connectivity index is 1.53. The highest BCUT2D eigenvalue weighted by Crippen LogP contribution is 2.29. The maximum Gasteiger partial charge on any atom is 0.0956 e. The van der Waals surface area contributed by atoms with E-state index >= 15 is 0 Å². The molecule has 3 rings (SSSR count). The van der Waals surface area contributed by atoms with Crippen LogP contribution in [-0.4, -0.2) is 41.3 Å². The van der Waals surface area contributed by atoms with Gasteiger partial charge in [0.1, 0.15) is 0 Å². The number of likely N-dealkylation sites (tertiary alicyclic amines) is 1. The Kier molecular flexibility index (Phi) is 5.91. The van der Waals surface area contributed by atoms with Crippen LogP contribution in [0.3, 0.4) is 0 Å². The van der Waals surface area contributed by atoms with E-state index < -0.39 is 0 Å². The molecule has 3 atom stereocenters. The fourth-order valence-corrected chi connectivity index (χ4v) is 4.21. The number of aliphatic hydroxyl groups excluding tert-OH is 1. The SMILES string of the molecule is O[C@H]1[C@H](OCc2cccc(Br)c2)CC[C@@H]1N1CCCCCC1. The minimum absolute atomic E-state index is 0.0211. The van der Waals surface area contributed by atoms with E-state index in [0.29, 0.717) is 12.6 Å². The standard InChI is InChI=1S/C18H26BrNO2/c19-15-7-5-6-14(12-15)13-22-17-9-8-16(18(17)21)20-10-3-1-2-4-11-20/h5-7,12,16-18,21H,1-4,8-11,13H2/t16-,17+,18+/m0/s1. The number of hydrogen-bond acceptors (Lipinski definition) is 3. The lowest BCUT2D eigenvalue weighted by Gasteiger charge is -2.30. The molecule has 1 N–H and O–H groups in total. The summed E-state index contributed by atoms with van der Waals surface area (Å²) in [6.45, 7) is 2.86. The van der Waals surface area contributed by atoms with E-state index in [0.717, 1.165) is 36.0 Å². The number of nitrogens with zero attached hydrogens (tertiary/aromatic N) is 1. The van der Waals surface area contributed by atoms with E-state index in [1.54, 1.807) is 0 Å². The third-order valence-electron chi connectivity index (χ3n) is 4.98. The van der Waals surface area contributed by atoms with Crippen molar-refractivity contribution in [1.82, 2.24) is 4.90 Å². The third kappa shape index (κ3) is 4.10. The first-order valence-corrected chi connectivity index (χ1v) is 9.31. The van der Waals surface area contributed by atoms with Gasteiger partial charge in [-0.05, 0) is 56.5 Å². The molecule has 22 heavy (non-hydrogen) atoms. The molecule has 1 saturated heterocycles. The molecule has 4 heteroatoms. The molecule has 0 unspecified atom stereocenters. The first-order valence-electron chi connectivity index (χ1n) is 8.52. The van der Waals surface area contributed by atoms with Crippen molar-refractivity contribution in [2.75, 3.05) is 13.1 Å². The summed E-state index contributed by atoms with van der Waals surface area (Å²) in [5, 5.41) is 10.6. The fraction of sp³-hybridized carbons (Fsp3) is 0.667. The molecule has 0 radical (unpaired) electrons. The summed E-state index contributed by atoms with van der Waals surface area (Å²) in [4.78, 5) is 2.50. The number of aliphatic hydroxyl groups is 1. The van der Waals surface area contributed by atoms with Gasteiger partial charge < -0.3 is 9.84 Å². The summed E-state index contributed by atoms with van der Waals surface area (Å²) in [5.41, 5.74) is 1.15. The zero-order chi connectivity index (χ0) is 15.4. The first-order chi connectivity index (χ1) is 10.7. The zero-order valence-corrected chi connectivity index (χ0v) is 14.7. The largest absolute Gasteiger partial charge is 0.389 e. The Bertz CT molecular complexity index is 474. The molecule has 1 saturated carbocycles. The Morgan fingerprint density at radius 2 is 1.91 bits per heavy atom. The number of rotatable bonds is 4. The highest BCUT2D eigenvalue weighted by molar-refractivity contribution is 9.10. The molecule has 0 bridgehead atoms. The maximum atomic E-state index is 10.6. The van der Waals surface area contributed by atoms with Gasteiger partial charge in [0.15, 0.2) is 0 Å². The first kappa shape index (κ1) is 16.4. The van der Waals surface area contributed by atoms with Crippen molar-refractivity contribution >= 4 is 15.9 Å². The quantitative estimate of drug-likeness (QED) is 0.879. The Morgan fingerprint density at radius 1 is 1.14 bits per heavy atom. The molecule has 0 amide bonds. The van der Waals surface area contributed by atoms with Crippen LogP contribution in [-0.2, 0) is 11.3 Å². The van der Waals surface area contributed by atoms with Crippen LogP contribution in [0.2, 0.25) is 0 Å². The van der Waals surface area contributed by atoms with Gasteiger partial charge in [-0.1, -0.05) is 40.9 Å². The Morgan fingerprint density at radius 3 is 2.64 bits per heavy atom. The molecule has 0 spiro atoms. The lowest BCUT2D eigenvalue weighted by atomic mass is 10.1. The summed E-state index contributed by atoms with van der Waals surface area (Å²) in [6, 6.07) is 8.48. The van der Waals surface area contributed by atoms with Gasteiger partial charge in [0.25, 0.3) is 0 Å². The summed E-state index contributed by atoms with van der Waals surface area (Å²) >= 11 is 3.48. The van der Waals surface area contributed by atoms with Crippen LogP contribution in [0.5, 0.6) is 0 Å². The van der Waals surface area contributed by atoms with Gasteiger partial charge in [-0.25, -0.2) is 0 Å². The molecule has 1 aromatic rings. The van der Waals surface area contributed by atoms with E-state index in [1.807, 2.05) is 12.1 Å². The van der Waals surface area contributed by atoms with Gasteiger partial charge in [0, 0.05) is 10.5 Å². The summed E-state index contributed by atoms with van der Waals surface area (Å²) in [7, 11) is 0. The molecule has 1 aliphatic heterocycles. The summed E-state index contributed by atoms with van der Waals surface area (Å²) < 4.78 is 7.08. The van der Waals surface area contributed by atoms with Crippen LogP contribution in [0.1, 0.15) is 44.1 Å². The number of hydrogen-bond donors (Lipinski definition) is 1. The van der Waals surface area contributed by atoms with Crippen molar-refractivity contribution in [3.63, 3.8) is 0 Å². The molecule has 122 valence electrons. The van der Waals surface area contributed by atoms with Crippen LogP contribution in [0, 0.1) is 0 Å². The zero-order valence-electron chi connectivity index (χ0n) is 13.1. The third-order valence-corrected chi connectivity index (χ3v) is 5.48. The summed E-state index contributed by atoms with van der Waals surface area (Å²) in [6.07, 6.45) is 6.88. The molecule has 1 heterocycles. The second-order valence-electron chi connectivity index (χ2n) is 6.56. The number of halogens is 1. The van der Waals surface area contributed by atoms with Crippen LogP contribution >= 0.6 is 15.9 Å². The van der Waals surface area contributed by atoms with Crippen molar-refractivity contribution < 1.29 is 9.84 Å². The second-order valence-corrected chi connectivity index (χ2v) is 7.48. The van der Waals surface area contributed by atoms with Gasteiger partial charge in [0.2, 0.25) is 0 Å². The van der Waals surface area contributed by atoms with Crippen molar-refractivity contribution in [2.45, 2.75) is 63.4 Å². The minimum atomic E-state index is -0.342. The monoisotopic (exact) mass is 367 g/mol. The molecule has 1 aliphatic carbocycles. The number of ether oxygens (including phenoxy) is 1. The van der Waals surface area contributed by atoms with Crippen molar-refractivity contribution in [3.05, 3.63) is 34.3 Å². The fourth-order valence-electron chi connectivity index (χ4n) is 3.76. The smallest absolute Gasteiger partial charge is 0.0956 e. The van der Waals surface area contributed by atoms with Crippen LogP contribution in [0.15, 0.2) is 28.7 Å². The highest BCUT2D eigenvalue weighted by Gasteiger charge is 2.38. The van der Waals surface area contributed by atoms with Crippen molar-refractivity contribution in [2.24, 2.45) is 0 Å². The molecular weight excluding hydrogens is 342 g/mol. The van der Waals surface area contributed by atoms with Gasteiger partial charge in [-0.3, -0.25) is 4.90 Å². The second kappa shape index (κ2) is 7.91. The van der Waals surface area contributed by atoms with Crippen LogP contribution in [0.4, 0.5) is 0 Å². The molecule has 1 aromatic carbocycles. The van der Waals surface area contributed by atoms with Crippen LogP contribution in [0.25, 0.3) is 0 Å². The molecule has 2 aliphatic rings. The van der Waals surface area contributed by atoms with E-state index in [1.165, 1.54) is 25.7 Å².